The van der Waals surface area contributed by atoms with E-state index in [9.17, 15) is 0 Å². The first-order chi connectivity index (χ1) is 11.3. The van der Waals surface area contributed by atoms with Crippen LogP contribution in [-0.2, 0) is 6.54 Å². The van der Waals surface area contributed by atoms with Gasteiger partial charge in [-0.05, 0) is 24.3 Å². The summed E-state index contributed by atoms with van der Waals surface area (Å²) in [4.78, 5) is 7.38. The molecule has 0 atom stereocenters. The number of imidazole rings is 1. The molecule has 4 rings (SSSR count). The van der Waals surface area contributed by atoms with E-state index < -0.39 is 0 Å². The second-order valence-corrected chi connectivity index (χ2v) is 6.78. The summed E-state index contributed by atoms with van der Waals surface area (Å²) < 4.78 is 3.31. The van der Waals surface area contributed by atoms with Gasteiger partial charge in [0.05, 0.1) is 11.4 Å². The van der Waals surface area contributed by atoms with Crippen LogP contribution in [0.2, 0.25) is 0 Å². The highest BCUT2D eigenvalue weighted by molar-refractivity contribution is 9.10. The standard InChI is InChI=1S/C18H19BrN4.2ClH/c19-15-6-4-14(5-7-15)18-16(13-22-11-8-20-9-12-22)23-10-2-1-3-17(23)21-18;;/h1-7,10,20H,8-9,11-13H2;2*1H. The molecule has 0 unspecified atom stereocenters. The Balaban J connectivity index is 0.00000113. The second-order valence-electron chi connectivity index (χ2n) is 5.87. The third kappa shape index (κ3) is 4.36. The van der Waals surface area contributed by atoms with Crippen molar-refractivity contribution in [1.29, 1.82) is 0 Å². The minimum absolute atomic E-state index is 0. The third-order valence-electron chi connectivity index (χ3n) is 4.33. The summed E-state index contributed by atoms with van der Waals surface area (Å²) in [5.41, 5.74) is 4.53. The van der Waals surface area contributed by atoms with Gasteiger partial charge < -0.3 is 9.72 Å². The molecule has 1 aromatic carbocycles. The number of piperazine rings is 1. The fourth-order valence-electron chi connectivity index (χ4n) is 3.12. The lowest BCUT2D eigenvalue weighted by Gasteiger charge is -2.27. The molecule has 2 aromatic heterocycles. The van der Waals surface area contributed by atoms with Crippen LogP contribution >= 0.6 is 40.7 Å². The van der Waals surface area contributed by atoms with Gasteiger partial charge >= 0.3 is 0 Å². The van der Waals surface area contributed by atoms with E-state index in [2.05, 4.69) is 73.1 Å². The minimum Gasteiger partial charge on any atom is -0.314 e. The molecule has 0 radical (unpaired) electrons. The van der Waals surface area contributed by atoms with Crippen molar-refractivity contribution in [3.8, 4) is 11.3 Å². The zero-order valence-corrected chi connectivity index (χ0v) is 16.9. The summed E-state index contributed by atoms with van der Waals surface area (Å²) in [7, 11) is 0. The number of benzene rings is 1. The largest absolute Gasteiger partial charge is 0.314 e. The topological polar surface area (TPSA) is 32.6 Å². The number of nitrogens with one attached hydrogen (secondary N) is 1. The summed E-state index contributed by atoms with van der Waals surface area (Å²) in [5.74, 6) is 0. The molecule has 4 nitrogen and oxygen atoms in total. The smallest absolute Gasteiger partial charge is 0.137 e. The Hall–Kier alpha value is -1.11. The quantitative estimate of drug-likeness (QED) is 0.663. The number of fused-ring (bicyclic) bond motifs is 1. The summed E-state index contributed by atoms with van der Waals surface area (Å²) in [5, 5.41) is 3.41. The molecule has 0 spiro atoms. The Morgan fingerprint density at radius 2 is 1.72 bits per heavy atom. The molecule has 134 valence electrons. The van der Waals surface area contributed by atoms with E-state index in [1.807, 2.05) is 6.07 Å². The molecule has 3 heterocycles. The first-order valence-corrected chi connectivity index (χ1v) is 8.75. The molecule has 0 aliphatic carbocycles. The maximum Gasteiger partial charge on any atom is 0.137 e. The Labute approximate surface area is 168 Å². The minimum atomic E-state index is 0. The fraction of sp³-hybridized carbons (Fsp3) is 0.278. The van der Waals surface area contributed by atoms with Crippen LogP contribution in [0.25, 0.3) is 16.9 Å². The Bertz CT molecular complexity index is 814. The molecule has 7 heteroatoms. The number of halogens is 3. The molecule has 1 fully saturated rings. The van der Waals surface area contributed by atoms with Gasteiger partial charge in [-0.15, -0.1) is 24.8 Å². The van der Waals surface area contributed by atoms with Gasteiger partial charge in [0.25, 0.3) is 0 Å². The van der Waals surface area contributed by atoms with Gasteiger partial charge in [0, 0.05) is 49.0 Å². The molecule has 1 aliphatic rings. The van der Waals surface area contributed by atoms with Crippen LogP contribution in [0, 0.1) is 0 Å². The summed E-state index contributed by atoms with van der Waals surface area (Å²) in [6.07, 6.45) is 2.11. The average Bonchev–Trinajstić information content (AvgIpc) is 2.95. The monoisotopic (exact) mass is 442 g/mol. The van der Waals surface area contributed by atoms with Crippen molar-refractivity contribution >= 4 is 46.4 Å². The normalized spacial score (nSPS) is 14.8. The molecule has 1 N–H and O–H groups in total. The molecule has 0 saturated carbocycles. The van der Waals surface area contributed by atoms with Crippen molar-refractivity contribution in [3.63, 3.8) is 0 Å². The number of hydrogen-bond acceptors (Lipinski definition) is 3. The van der Waals surface area contributed by atoms with E-state index in [4.69, 9.17) is 4.98 Å². The average molecular weight is 444 g/mol. The van der Waals surface area contributed by atoms with Crippen LogP contribution in [0.5, 0.6) is 0 Å². The highest BCUT2D eigenvalue weighted by Crippen LogP contribution is 2.27. The second kappa shape index (κ2) is 9.01. The zero-order valence-electron chi connectivity index (χ0n) is 13.7. The van der Waals surface area contributed by atoms with Gasteiger partial charge in [0.1, 0.15) is 5.65 Å². The molecule has 25 heavy (non-hydrogen) atoms. The predicted octanol–water partition coefficient (Wildman–Crippen LogP) is 4.01. The predicted molar refractivity (Wildman–Crippen MR) is 111 cm³/mol. The molecule has 1 saturated heterocycles. The van der Waals surface area contributed by atoms with Crippen LogP contribution in [0.3, 0.4) is 0 Å². The van der Waals surface area contributed by atoms with Gasteiger partial charge in [-0.3, -0.25) is 4.90 Å². The van der Waals surface area contributed by atoms with Gasteiger partial charge in [-0.1, -0.05) is 34.1 Å². The molecular formula is C18H21BrCl2N4. The number of aromatic nitrogens is 2. The van der Waals surface area contributed by atoms with Gasteiger partial charge in [0.2, 0.25) is 0 Å². The van der Waals surface area contributed by atoms with Crippen molar-refractivity contribution < 1.29 is 0 Å². The fourth-order valence-corrected chi connectivity index (χ4v) is 3.38. The summed E-state index contributed by atoms with van der Waals surface area (Å²) in [6, 6.07) is 14.6. The Kier molecular flexibility index (Phi) is 7.28. The van der Waals surface area contributed by atoms with E-state index in [0.29, 0.717) is 0 Å². The lowest BCUT2D eigenvalue weighted by Crippen LogP contribution is -2.43. The van der Waals surface area contributed by atoms with Gasteiger partial charge in [-0.25, -0.2) is 4.98 Å². The molecule has 0 amide bonds. The van der Waals surface area contributed by atoms with Crippen molar-refractivity contribution in [2.45, 2.75) is 6.54 Å². The van der Waals surface area contributed by atoms with Crippen LogP contribution < -0.4 is 5.32 Å². The number of nitrogens with zero attached hydrogens (tertiary/aromatic N) is 3. The van der Waals surface area contributed by atoms with E-state index >= 15 is 0 Å². The zero-order chi connectivity index (χ0) is 15.6. The van der Waals surface area contributed by atoms with Gasteiger partial charge in [0.15, 0.2) is 0 Å². The first kappa shape index (κ1) is 20.2. The first-order valence-electron chi connectivity index (χ1n) is 7.96. The maximum atomic E-state index is 4.88. The number of rotatable bonds is 3. The van der Waals surface area contributed by atoms with E-state index in [0.717, 1.165) is 48.5 Å². The lowest BCUT2D eigenvalue weighted by molar-refractivity contribution is 0.230. The Morgan fingerprint density at radius 3 is 2.44 bits per heavy atom. The van der Waals surface area contributed by atoms with E-state index in [-0.39, 0.29) is 24.8 Å². The lowest BCUT2D eigenvalue weighted by atomic mass is 10.1. The van der Waals surface area contributed by atoms with Crippen LogP contribution in [0.15, 0.2) is 53.1 Å². The van der Waals surface area contributed by atoms with Gasteiger partial charge in [-0.2, -0.15) is 0 Å². The molecule has 0 bridgehead atoms. The molecular weight excluding hydrogens is 423 g/mol. The van der Waals surface area contributed by atoms with Crippen LogP contribution in [0.4, 0.5) is 0 Å². The van der Waals surface area contributed by atoms with Crippen LogP contribution in [-0.4, -0.2) is 40.5 Å². The Morgan fingerprint density at radius 1 is 1.00 bits per heavy atom. The third-order valence-corrected chi connectivity index (χ3v) is 4.86. The molecule has 3 aromatic rings. The highest BCUT2D eigenvalue weighted by Gasteiger charge is 2.18. The van der Waals surface area contributed by atoms with Crippen molar-refractivity contribution in [1.82, 2.24) is 19.6 Å². The summed E-state index contributed by atoms with van der Waals surface area (Å²) >= 11 is 3.51. The SMILES string of the molecule is Brc1ccc(-c2nc3ccccn3c2CN2CCNCC2)cc1.Cl.Cl. The van der Waals surface area contributed by atoms with Crippen molar-refractivity contribution in [2.75, 3.05) is 26.2 Å². The maximum absolute atomic E-state index is 4.88. The molecule has 1 aliphatic heterocycles. The van der Waals surface area contributed by atoms with Crippen molar-refractivity contribution in [3.05, 3.63) is 58.8 Å². The summed E-state index contributed by atoms with van der Waals surface area (Å²) in [6.45, 7) is 5.21. The highest BCUT2D eigenvalue weighted by atomic mass is 79.9. The van der Waals surface area contributed by atoms with Crippen LogP contribution in [0.1, 0.15) is 5.69 Å². The van der Waals surface area contributed by atoms with E-state index in [1.165, 1.54) is 11.3 Å². The number of pyridine rings is 1. The van der Waals surface area contributed by atoms with E-state index in [1.54, 1.807) is 0 Å². The van der Waals surface area contributed by atoms with Crippen molar-refractivity contribution in [2.24, 2.45) is 0 Å². The number of hydrogen-bond donors (Lipinski definition) is 1.